The Bertz CT molecular complexity index is 1340. The fourth-order valence-electron chi connectivity index (χ4n) is 3.59. The number of benzene rings is 2. The molecule has 0 bridgehead atoms. The van der Waals surface area contributed by atoms with E-state index in [1.165, 1.54) is 11.3 Å². The van der Waals surface area contributed by atoms with E-state index in [2.05, 4.69) is 9.97 Å². The number of thioether (sulfide) groups is 1. The molecule has 5 nitrogen and oxygen atoms in total. The third-order valence-corrected chi connectivity index (χ3v) is 8.76. The minimum atomic E-state index is -3.66. The van der Waals surface area contributed by atoms with Gasteiger partial charge in [-0.05, 0) is 56.3 Å². The monoisotopic (exact) mass is 441 g/mol. The molecule has 1 aliphatic rings. The molecule has 0 unspecified atom stereocenters. The third-order valence-electron chi connectivity index (χ3n) is 4.98. The van der Waals surface area contributed by atoms with Crippen LogP contribution in [0.25, 0.3) is 21.5 Å². The smallest absolute Gasteiger partial charge is 0.264 e. The lowest BCUT2D eigenvalue weighted by Gasteiger charge is -2.30. The Morgan fingerprint density at radius 2 is 1.93 bits per heavy atom. The lowest BCUT2D eigenvalue weighted by molar-refractivity contribution is 0.591. The fourth-order valence-corrected chi connectivity index (χ4v) is 7.18. The van der Waals surface area contributed by atoms with Crippen LogP contribution < -0.4 is 4.31 Å². The van der Waals surface area contributed by atoms with E-state index in [9.17, 15) is 8.42 Å². The lowest BCUT2D eigenvalue weighted by Crippen LogP contribution is -2.35. The van der Waals surface area contributed by atoms with Crippen LogP contribution in [-0.4, -0.2) is 30.7 Å². The van der Waals surface area contributed by atoms with Crippen LogP contribution in [0.4, 0.5) is 5.69 Å². The molecule has 2 aromatic carbocycles. The van der Waals surface area contributed by atoms with Crippen LogP contribution in [-0.2, 0) is 10.0 Å². The van der Waals surface area contributed by atoms with Gasteiger partial charge in [0, 0.05) is 34.1 Å². The topological polar surface area (TPSA) is 66.1 Å². The van der Waals surface area contributed by atoms with Gasteiger partial charge in [-0.25, -0.2) is 13.4 Å². The number of aromatic nitrogens is 2. The van der Waals surface area contributed by atoms with Crippen LogP contribution in [0.3, 0.4) is 0 Å². The number of fused-ring (bicyclic) bond motifs is 2. The standard InChI is InChI=1S/C21H19N3O2S3/c1-13-3-6-17(22-13)15-4-8-20-19(11-15)24(9-10-27-20)29(25,26)16-5-7-18-21(12-16)28-14(2)23-18/h3-8,11-12,22H,9-10H2,1-2H3. The molecule has 1 N–H and O–H groups in total. The summed E-state index contributed by atoms with van der Waals surface area (Å²) in [6.07, 6.45) is 0. The summed E-state index contributed by atoms with van der Waals surface area (Å²) < 4.78 is 29.5. The van der Waals surface area contributed by atoms with Crippen LogP contribution in [0.5, 0.6) is 0 Å². The molecule has 0 amide bonds. The summed E-state index contributed by atoms with van der Waals surface area (Å²) in [5, 5.41) is 0.931. The van der Waals surface area contributed by atoms with Gasteiger partial charge in [0.05, 0.1) is 25.8 Å². The molecule has 0 radical (unpaired) electrons. The van der Waals surface area contributed by atoms with Gasteiger partial charge in [0.2, 0.25) is 0 Å². The lowest BCUT2D eigenvalue weighted by atomic mass is 10.1. The molecule has 0 saturated carbocycles. The normalized spacial score (nSPS) is 14.3. The molecule has 0 saturated heterocycles. The Labute approximate surface area is 177 Å². The summed E-state index contributed by atoms with van der Waals surface area (Å²) in [4.78, 5) is 9.06. The molecule has 2 aromatic heterocycles. The molecule has 0 aliphatic carbocycles. The van der Waals surface area contributed by atoms with Crippen molar-refractivity contribution in [3.63, 3.8) is 0 Å². The Hall–Kier alpha value is -2.29. The molecule has 148 valence electrons. The van der Waals surface area contributed by atoms with Crippen molar-refractivity contribution in [2.75, 3.05) is 16.6 Å². The van der Waals surface area contributed by atoms with E-state index >= 15 is 0 Å². The van der Waals surface area contributed by atoms with Crippen molar-refractivity contribution in [1.29, 1.82) is 0 Å². The molecular weight excluding hydrogens is 422 g/mol. The zero-order chi connectivity index (χ0) is 20.2. The van der Waals surface area contributed by atoms with E-state index in [0.29, 0.717) is 11.4 Å². The summed E-state index contributed by atoms with van der Waals surface area (Å²) in [5.41, 5.74) is 4.62. The number of nitrogens with zero attached hydrogens (tertiary/aromatic N) is 2. The number of aromatic amines is 1. The van der Waals surface area contributed by atoms with Crippen LogP contribution in [0.1, 0.15) is 10.7 Å². The van der Waals surface area contributed by atoms with Crippen molar-refractivity contribution in [2.24, 2.45) is 0 Å². The zero-order valence-corrected chi connectivity index (χ0v) is 18.4. The van der Waals surface area contributed by atoms with Gasteiger partial charge in [-0.2, -0.15) is 0 Å². The van der Waals surface area contributed by atoms with E-state index in [0.717, 1.165) is 48.5 Å². The highest BCUT2D eigenvalue weighted by molar-refractivity contribution is 8.00. The van der Waals surface area contributed by atoms with Crippen LogP contribution in [0.2, 0.25) is 0 Å². The van der Waals surface area contributed by atoms with Crippen molar-refractivity contribution in [2.45, 2.75) is 23.6 Å². The highest BCUT2D eigenvalue weighted by Gasteiger charge is 2.30. The number of anilines is 1. The highest BCUT2D eigenvalue weighted by Crippen LogP contribution is 2.40. The average molecular weight is 442 g/mol. The van der Waals surface area contributed by atoms with Crippen molar-refractivity contribution in [3.8, 4) is 11.3 Å². The zero-order valence-electron chi connectivity index (χ0n) is 16.0. The molecule has 0 spiro atoms. The maximum Gasteiger partial charge on any atom is 0.264 e. The van der Waals surface area contributed by atoms with E-state index in [1.54, 1.807) is 34.3 Å². The number of sulfonamides is 1. The Morgan fingerprint density at radius 1 is 1.07 bits per heavy atom. The molecule has 8 heteroatoms. The minimum Gasteiger partial charge on any atom is -0.359 e. The Kier molecular flexibility index (Phi) is 4.45. The van der Waals surface area contributed by atoms with E-state index < -0.39 is 10.0 Å². The van der Waals surface area contributed by atoms with Crippen LogP contribution in [0.15, 0.2) is 58.3 Å². The number of thiazole rings is 1. The van der Waals surface area contributed by atoms with Gasteiger partial charge < -0.3 is 4.98 Å². The second-order valence-electron chi connectivity index (χ2n) is 7.03. The molecule has 1 aliphatic heterocycles. The summed E-state index contributed by atoms with van der Waals surface area (Å²) >= 11 is 3.21. The van der Waals surface area contributed by atoms with Gasteiger partial charge in [0.25, 0.3) is 10.0 Å². The number of aryl methyl sites for hydroxylation is 2. The highest BCUT2D eigenvalue weighted by atomic mass is 32.2. The predicted molar refractivity (Wildman–Crippen MR) is 121 cm³/mol. The van der Waals surface area contributed by atoms with Crippen LogP contribution in [0, 0.1) is 13.8 Å². The fraction of sp³-hybridized carbons (Fsp3) is 0.190. The number of H-pyrrole nitrogens is 1. The number of nitrogens with one attached hydrogen (secondary N) is 1. The molecule has 5 rings (SSSR count). The van der Waals surface area contributed by atoms with Gasteiger partial charge in [-0.3, -0.25) is 4.31 Å². The van der Waals surface area contributed by atoms with Gasteiger partial charge in [-0.15, -0.1) is 23.1 Å². The molecule has 4 aromatic rings. The summed E-state index contributed by atoms with van der Waals surface area (Å²) in [7, 11) is -3.66. The maximum absolute atomic E-state index is 13.5. The second-order valence-corrected chi connectivity index (χ2v) is 11.3. The van der Waals surface area contributed by atoms with Gasteiger partial charge in [0.1, 0.15) is 0 Å². The van der Waals surface area contributed by atoms with Gasteiger partial charge >= 0.3 is 0 Å². The quantitative estimate of drug-likeness (QED) is 0.474. The first-order valence-electron chi connectivity index (χ1n) is 9.24. The molecule has 3 heterocycles. The van der Waals surface area contributed by atoms with Crippen molar-refractivity contribution in [1.82, 2.24) is 9.97 Å². The summed E-state index contributed by atoms with van der Waals surface area (Å²) in [6.45, 7) is 4.39. The van der Waals surface area contributed by atoms with Gasteiger partial charge in [0.15, 0.2) is 0 Å². The van der Waals surface area contributed by atoms with Crippen molar-refractivity contribution >= 4 is 49.0 Å². The Morgan fingerprint density at radius 3 is 2.72 bits per heavy atom. The SMILES string of the molecule is Cc1ccc(-c2ccc3c(c2)N(S(=O)(=O)c2ccc4nc(C)sc4c2)CCS3)[nH]1. The predicted octanol–water partition coefficient (Wildman–Crippen LogP) is 5.21. The average Bonchev–Trinajstić information content (AvgIpc) is 3.30. The van der Waals surface area contributed by atoms with Crippen molar-refractivity contribution in [3.05, 3.63) is 59.2 Å². The van der Waals surface area contributed by atoms with E-state index in [1.807, 2.05) is 44.2 Å². The van der Waals surface area contributed by atoms with E-state index in [-0.39, 0.29) is 0 Å². The largest absolute Gasteiger partial charge is 0.359 e. The number of rotatable bonds is 3. The minimum absolute atomic E-state index is 0.313. The Balaban J connectivity index is 1.60. The maximum atomic E-state index is 13.5. The second kappa shape index (κ2) is 6.90. The van der Waals surface area contributed by atoms with E-state index in [4.69, 9.17) is 0 Å². The third kappa shape index (κ3) is 3.25. The first-order chi connectivity index (χ1) is 13.9. The first kappa shape index (κ1) is 18.7. The molecule has 0 fully saturated rings. The summed E-state index contributed by atoms with van der Waals surface area (Å²) in [5.74, 6) is 0.731. The molecule has 0 atom stereocenters. The summed E-state index contributed by atoms with van der Waals surface area (Å²) in [6, 6.07) is 15.3. The van der Waals surface area contributed by atoms with Crippen molar-refractivity contribution < 1.29 is 8.42 Å². The number of hydrogen-bond acceptors (Lipinski definition) is 5. The molecule has 29 heavy (non-hydrogen) atoms. The first-order valence-corrected chi connectivity index (χ1v) is 12.5. The van der Waals surface area contributed by atoms with Crippen LogP contribution >= 0.6 is 23.1 Å². The molecular formula is C21H19N3O2S3. The van der Waals surface area contributed by atoms with Gasteiger partial charge in [-0.1, -0.05) is 6.07 Å². The number of hydrogen-bond donors (Lipinski definition) is 1.